The highest BCUT2D eigenvalue weighted by molar-refractivity contribution is 5.95. The van der Waals surface area contributed by atoms with Gasteiger partial charge in [0.15, 0.2) is 0 Å². The zero-order valence-electron chi connectivity index (χ0n) is 31.1. The van der Waals surface area contributed by atoms with Gasteiger partial charge in [0.2, 0.25) is 5.95 Å². The van der Waals surface area contributed by atoms with Crippen LogP contribution in [0.25, 0.3) is 0 Å². The average Bonchev–Trinajstić information content (AvgIpc) is 3.23. The maximum Gasteiger partial charge on any atom is 0.337 e. The standard InChI is InChI=1S/C42H47N7O6/c1-3-36-37(43-22-24-54-26-27-55-25-23-44-39(50)32-12-8-5-9-13-32)48-42(49-38(36)45-28-31-14-16-34(17-15-31)41(52)53-2)47-35-20-18-33(19-21-35)40(51)46-29-30-10-6-4-7-11-30/h4-21H,3,22-29H2,1-2H3,(H,44,50)(H,46,51)(H3,43,45,47,48,49). The summed E-state index contributed by atoms with van der Waals surface area (Å²) in [6.07, 6.45) is 0.647. The number of hydrogen-bond acceptors (Lipinski definition) is 11. The first kappa shape index (κ1) is 39.9. The molecule has 13 nitrogen and oxygen atoms in total. The molecule has 0 aliphatic rings. The van der Waals surface area contributed by atoms with Crippen molar-refractivity contribution in [2.75, 3.05) is 62.6 Å². The maximum atomic E-state index is 12.8. The number of aromatic nitrogens is 2. The molecular formula is C42H47N7O6. The molecule has 0 saturated carbocycles. The van der Waals surface area contributed by atoms with Crippen LogP contribution in [-0.2, 0) is 33.7 Å². The number of rotatable bonds is 21. The molecule has 2 amide bonds. The third kappa shape index (κ3) is 12.7. The fraction of sp³-hybridized carbons (Fsp3) is 0.262. The van der Waals surface area contributed by atoms with E-state index in [2.05, 4.69) is 26.6 Å². The largest absolute Gasteiger partial charge is 0.465 e. The van der Waals surface area contributed by atoms with Gasteiger partial charge in [0, 0.05) is 48.6 Å². The second-order valence-electron chi connectivity index (χ2n) is 12.3. The first-order valence-corrected chi connectivity index (χ1v) is 18.2. The smallest absolute Gasteiger partial charge is 0.337 e. The second-order valence-corrected chi connectivity index (χ2v) is 12.3. The van der Waals surface area contributed by atoms with Crippen LogP contribution in [0.4, 0.5) is 23.3 Å². The summed E-state index contributed by atoms with van der Waals surface area (Å²) >= 11 is 0. The van der Waals surface area contributed by atoms with Gasteiger partial charge in [0.05, 0.1) is 39.1 Å². The minimum Gasteiger partial charge on any atom is -0.465 e. The summed E-state index contributed by atoms with van der Waals surface area (Å²) in [5, 5.41) is 15.9. The van der Waals surface area contributed by atoms with Gasteiger partial charge in [-0.15, -0.1) is 0 Å². The fourth-order valence-corrected chi connectivity index (χ4v) is 5.44. The molecule has 286 valence electrons. The van der Waals surface area contributed by atoms with Crippen molar-refractivity contribution in [2.24, 2.45) is 0 Å². The van der Waals surface area contributed by atoms with Crippen LogP contribution in [0.15, 0.2) is 109 Å². The third-order valence-corrected chi connectivity index (χ3v) is 8.37. The molecule has 0 saturated heterocycles. The number of esters is 1. The minimum absolute atomic E-state index is 0.134. The molecule has 0 atom stereocenters. The predicted molar refractivity (Wildman–Crippen MR) is 213 cm³/mol. The maximum absolute atomic E-state index is 12.8. The van der Waals surface area contributed by atoms with Gasteiger partial charge in [0.25, 0.3) is 11.8 Å². The first-order valence-electron chi connectivity index (χ1n) is 18.2. The molecule has 0 fully saturated rings. The molecule has 4 aromatic carbocycles. The average molecular weight is 746 g/mol. The molecule has 55 heavy (non-hydrogen) atoms. The van der Waals surface area contributed by atoms with Crippen molar-refractivity contribution in [3.63, 3.8) is 0 Å². The number of carbonyl (C=O) groups excluding carboxylic acids is 3. The molecule has 0 unspecified atom stereocenters. The van der Waals surface area contributed by atoms with E-state index < -0.39 is 5.97 Å². The summed E-state index contributed by atoms with van der Waals surface area (Å²) in [7, 11) is 1.36. The summed E-state index contributed by atoms with van der Waals surface area (Å²) in [5.41, 5.74) is 5.19. The van der Waals surface area contributed by atoms with Crippen LogP contribution in [0, 0.1) is 0 Å². The predicted octanol–water partition coefficient (Wildman–Crippen LogP) is 5.99. The van der Waals surface area contributed by atoms with Crippen LogP contribution < -0.4 is 26.6 Å². The molecule has 0 aliphatic heterocycles. The molecule has 5 N–H and O–H groups in total. The number of ether oxygens (including phenoxy) is 3. The normalized spacial score (nSPS) is 10.7. The molecule has 0 bridgehead atoms. The third-order valence-electron chi connectivity index (χ3n) is 8.37. The first-order chi connectivity index (χ1) is 26.9. The van der Waals surface area contributed by atoms with Crippen molar-refractivity contribution >= 4 is 41.1 Å². The Bertz CT molecular complexity index is 1960. The topological polar surface area (TPSA) is 165 Å². The molecule has 5 rings (SSSR count). The van der Waals surface area contributed by atoms with Gasteiger partial charge in [-0.05, 0) is 66.1 Å². The molecule has 1 heterocycles. The number of anilines is 4. The van der Waals surface area contributed by atoms with Gasteiger partial charge in [-0.25, -0.2) is 4.79 Å². The quantitative estimate of drug-likeness (QED) is 0.0443. The number of hydrogen-bond donors (Lipinski definition) is 5. The van der Waals surface area contributed by atoms with Crippen LogP contribution in [0.3, 0.4) is 0 Å². The lowest BCUT2D eigenvalue weighted by atomic mass is 10.1. The Morgan fingerprint density at radius 1 is 0.582 bits per heavy atom. The Balaban J connectivity index is 1.16. The van der Waals surface area contributed by atoms with Crippen LogP contribution in [0.5, 0.6) is 0 Å². The van der Waals surface area contributed by atoms with Crippen LogP contribution in [0.2, 0.25) is 0 Å². The SMILES string of the molecule is CCc1c(NCCOCCOCCNC(=O)c2ccccc2)nc(Nc2ccc(C(=O)NCc3ccccc3)cc2)nc1NCc1ccc(C(=O)OC)cc1. The van der Waals surface area contributed by atoms with E-state index in [1.54, 1.807) is 36.4 Å². The highest BCUT2D eigenvalue weighted by Crippen LogP contribution is 2.26. The van der Waals surface area contributed by atoms with E-state index in [1.165, 1.54) is 7.11 Å². The Labute approximate surface area is 321 Å². The van der Waals surface area contributed by atoms with E-state index >= 15 is 0 Å². The summed E-state index contributed by atoms with van der Waals surface area (Å²) in [4.78, 5) is 46.4. The summed E-state index contributed by atoms with van der Waals surface area (Å²) < 4.78 is 16.2. The summed E-state index contributed by atoms with van der Waals surface area (Å²) in [6, 6.07) is 33.1. The number of nitrogens with zero attached hydrogens (tertiary/aromatic N) is 2. The molecule has 0 aliphatic carbocycles. The van der Waals surface area contributed by atoms with Crippen molar-refractivity contribution in [1.29, 1.82) is 0 Å². The van der Waals surface area contributed by atoms with E-state index in [-0.39, 0.29) is 11.8 Å². The van der Waals surface area contributed by atoms with Gasteiger partial charge < -0.3 is 40.8 Å². The van der Waals surface area contributed by atoms with Crippen LogP contribution >= 0.6 is 0 Å². The zero-order chi connectivity index (χ0) is 38.7. The second kappa shape index (κ2) is 21.4. The van der Waals surface area contributed by atoms with Crippen molar-refractivity contribution in [3.8, 4) is 0 Å². The van der Waals surface area contributed by atoms with Crippen LogP contribution in [0.1, 0.15) is 54.7 Å². The van der Waals surface area contributed by atoms with Crippen molar-refractivity contribution in [1.82, 2.24) is 20.6 Å². The lowest BCUT2D eigenvalue weighted by molar-refractivity contribution is 0.0519. The zero-order valence-corrected chi connectivity index (χ0v) is 31.1. The van der Waals surface area contributed by atoms with E-state index in [0.717, 1.165) is 16.7 Å². The highest BCUT2D eigenvalue weighted by Gasteiger charge is 2.15. The Morgan fingerprint density at radius 3 is 1.80 bits per heavy atom. The molecule has 0 radical (unpaired) electrons. The van der Waals surface area contributed by atoms with Gasteiger partial charge in [-0.1, -0.05) is 67.6 Å². The summed E-state index contributed by atoms with van der Waals surface area (Å²) in [6.45, 7) is 5.40. The van der Waals surface area contributed by atoms with Gasteiger partial charge in [-0.2, -0.15) is 9.97 Å². The molecule has 13 heteroatoms. The number of nitrogens with one attached hydrogen (secondary N) is 5. The van der Waals surface area contributed by atoms with Crippen molar-refractivity contribution < 1.29 is 28.6 Å². The minimum atomic E-state index is -0.392. The van der Waals surface area contributed by atoms with Gasteiger partial charge in [-0.3, -0.25) is 9.59 Å². The lowest BCUT2D eigenvalue weighted by Gasteiger charge is -2.18. The van der Waals surface area contributed by atoms with Gasteiger partial charge in [0.1, 0.15) is 11.6 Å². The number of amides is 2. The Morgan fingerprint density at radius 2 is 1.15 bits per heavy atom. The number of carbonyl (C=O) groups is 3. The Hall–Kier alpha value is -6.31. The van der Waals surface area contributed by atoms with E-state index in [9.17, 15) is 14.4 Å². The van der Waals surface area contributed by atoms with E-state index in [0.29, 0.717) is 99.0 Å². The molecule has 0 spiro atoms. The van der Waals surface area contributed by atoms with Gasteiger partial charge >= 0.3 is 5.97 Å². The Kier molecular flexibility index (Phi) is 15.5. The lowest BCUT2D eigenvalue weighted by Crippen LogP contribution is -2.27. The van der Waals surface area contributed by atoms with E-state index in [1.807, 2.05) is 79.7 Å². The van der Waals surface area contributed by atoms with Crippen molar-refractivity contribution in [3.05, 3.63) is 143 Å². The fourth-order valence-electron chi connectivity index (χ4n) is 5.44. The van der Waals surface area contributed by atoms with Crippen molar-refractivity contribution in [2.45, 2.75) is 26.4 Å². The molecule has 5 aromatic rings. The monoisotopic (exact) mass is 745 g/mol. The molecule has 1 aromatic heterocycles. The summed E-state index contributed by atoms with van der Waals surface area (Å²) in [5.74, 6) is 0.957. The molecular weight excluding hydrogens is 699 g/mol. The highest BCUT2D eigenvalue weighted by atomic mass is 16.5. The number of methoxy groups -OCH3 is 1. The van der Waals surface area contributed by atoms with Crippen LogP contribution in [-0.4, -0.2) is 74.4 Å². The van der Waals surface area contributed by atoms with E-state index in [4.69, 9.17) is 24.2 Å². The number of benzene rings is 4.